The van der Waals surface area contributed by atoms with Crippen molar-refractivity contribution in [3.63, 3.8) is 0 Å². The monoisotopic (exact) mass is 1410 g/mol. The molecule has 0 bridgehead atoms. The fourth-order valence-corrected chi connectivity index (χ4v) is 21.8. The van der Waals surface area contributed by atoms with E-state index in [1.807, 2.05) is 97.1 Å². The lowest BCUT2D eigenvalue weighted by Crippen LogP contribution is -2.49. The van der Waals surface area contributed by atoms with Crippen molar-refractivity contribution in [2.45, 2.75) is 26.2 Å². The Morgan fingerprint density at radius 3 is 0.657 bits per heavy atom. The molecule has 0 unspecified atom stereocenters. The number of fused-ring (bicyclic) bond motifs is 6. The molecule has 0 atom stereocenters. The van der Waals surface area contributed by atoms with Crippen LogP contribution in [0.25, 0.3) is 168 Å². The summed E-state index contributed by atoms with van der Waals surface area (Å²) in [4.78, 5) is 29.6. The maximum Gasteiger partial charge on any atom is 0.164 e. The number of hydrogen-bond acceptors (Lipinski definition) is 6. The Balaban J connectivity index is 0.000000153. The lowest BCUT2D eigenvalue weighted by molar-refractivity contribution is 1.07. The Bertz CT molecular complexity index is 6130. The van der Waals surface area contributed by atoms with Crippen molar-refractivity contribution in [3.05, 3.63) is 376 Å². The molecule has 2 aliphatic rings. The molecule has 0 saturated carbocycles. The van der Waals surface area contributed by atoms with Gasteiger partial charge in [-0.05, 0) is 151 Å². The molecule has 0 N–H and O–H groups in total. The molecule has 0 radical (unpaired) electrons. The van der Waals surface area contributed by atoms with Crippen LogP contribution in [0.15, 0.2) is 376 Å². The first kappa shape index (κ1) is 66.7. The van der Waals surface area contributed by atoms with Gasteiger partial charge in [0.25, 0.3) is 0 Å². The van der Waals surface area contributed by atoms with Crippen molar-refractivity contribution in [3.8, 4) is 168 Å². The van der Waals surface area contributed by atoms with E-state index in [1.165, 1.54) is 77.1 Å². The van der Waals surface area contributed by atoms with E-state index in [0.29, 0.717) is 34.9 Å². The minimum absolute atomic E-state index is 0.641. The van der Waals surface area contributed by atoms with Gasteiger partial charge < -0.3 is 0 Å². The van der Waals surface area contributed by atoms with Gasteiger partial charge in [-0.3, -0.25) is 0 Å². The molecule has 19 rings (SSSR count). The predicted octanol–water partition coefficient (Wildman–Crippen LogP) is 23.0. The van der Waals surface area contributed by atoms with Crippen LogP contribution in [0.3, 0.4) is 0 Å². The maximum atomic E-state index is 5.04. The minimum atomic E-state index is -1.69. The topological polar surface area (TPSA) is 77.3 Å². The molecule has 8 heteroatoms. The number of rotatable bonds is 13. The molecule has 4 heterocycles. The second-order valence-corrected chi connectivity index (χ2v) is 37.6. The zero-order valence-electron chi connectivity index (χ0n) is 60.5. The van der Waals surface area contributed by atoms with Gasteiger partial charge in [0.05, 0.1) is 0 Å². The van der Waals surface area contributed by atoms with Crippen LogP contribution < -0.4 is 20.7 Å². The normalized spacial score (nSPS) is 12.6. The Morgan fingerprint density at radius 1 is 0.139 bits per heavy atom. The SMILES string of the molecule is C[Si]1(C)c2ccccc2-c2cc(-c3ccc(-c4ccc(-c5ccc(-c6nc(-c7ccccc7)nc(-c7ccccc7)n6)cc5)cc4)cc3)ccc21.C[Si]1(C)c2ccccc2-c2cc(-c3cccc(-c4cccc(-c5ccc(-c6nc(-c7ccccc7)nc(-c7cccc(-c8ccccc8)c7)n6)cc5)c4)c3)ccc21. The third-order valence-corrected chi connectivity index (χ3v) is 28.7. The largest absolute Gasteiger partial charge is 0.208 e. The van der Waals surface area contributed by atoms with E-state index in [2.05, 4.69) is 305 Å². The summed E-state index contributed by atoms with van der Waals surface area (Å²) in [5, 5.41) is 6.16. The van der Waals surface area contributed by atoms with Gasteiger partial charge in [-0.1, -0.05) is 372 Å². The van der Waals surface area contributed by atoms with Crippen LogP contribution in [0.5, 0.6) is 0 Å². The molecule has 0 fully saturated rings. The number of benzene rings is 15. The highest BCUT2D eigenvalue weighted by atomic mass is 28.3. The third kappa shape index (κ3) is 13.0. The maximum absolute atomic E-state index is 5.04. The van der Waals surface area contributed by atoms with E-state index < -0.39 is 16.1 Å². The van der Waals surface area contributed by atoms with Crippen LogP contribution in [0.1, 0.15) is 0 Å². The van der Waals surface area contributed by atoms with Crippen molar-refractivity contribution in [2.24, 2.45) is 0 Å². The second-order valence-electron chi connectivity index (χ2n) is 29.0. The quantitative estimate of drug-likeness (QED) is 0.107. The molecule has 0 aliphatic carbocycles. The van der Waals surface area contributed by atoms with E-state index in [9.17, 15) is 0 Å². The molecule has 512 valence electrons. The fourth-order valence-electron chi connectivity index (χ4n) is 15.6. The number of nitrogens with zero attached hydrogens (tertiary/aromatic N) is 6. The van der Waals surface area contributed by atoms with Crippen LogP contribution in [0.2, 0.25) is 26.2 Å². The molecule has 2 aromatic heterocycles. The van der Waals surface area contributed by atoms with Gasteiger partial charge in [-0.2, -0.15) is 0 Å². The zero-order chi connectivity index (χ0) is 72.7. The van der Waals surface area contributed by atoms with Crippen molar-refractivity contribution < 1.29 is 0 Å². The summed E-state index contributed by atoms with van der Waals surface area (Å²) in [6.07, 6.45) is 0. The van der Waals surface area contributed by atoms with E-state index in [4.69, 9.17) is 29.9 Å². The highest BCUT2D eigenvalue weighted by molar-refractivity contribution is 7.04. The highest BCUT2D eigenvalue weighted by Crippen LogP contribution is 2.39. The molecular formula is C100H74N6Si2. The Labute approximate surface area is 633 Å². The van der Waals surface area contributed by atoms with Gasteiger partial charge in [0.2, 0.25) is 0 Å². The van der Waals surface area contributed by atoms with Crippen LogP contribution in [0.4, 0.5) is 0 Å². The van der Waals surface area contributed by atoms with Crippen molar-refractivity contribution in [1.29, 1.82) is 0 Å². The number of aromatic nitrogens is 6. The Kier molecular flexibility index (Phi) is 17.5. The summed E-state index contributed by atoms with van der Waals surface area (Å²) in [6, 6.07) is 134. The van der Waals surface area contributed by atoms with Crippen LogP contribution in [-0.2, 0) is 0 Å². The molecule has 0 saturated heterocycles. The molecule has 0 amide bonds. The molecule has 0 spiro atoms. The summed E-state index contributed by atoms with van der Waals surface area (Å²) >= 11 is 0. The lowest BCUT2D eigenvalue weighted by atomic mass is 9.94. The van der Waals surface area contributed by atoms with E-state index in [-0.39, 0.29) is 0 Å². The van der Waals surface area contributed by atoms with Crippen molar-refractivity contribution >= 4 is 36.9 Å². The van der Waals surface area contributed by atoms with Crippen LogP contribution in [-0.4, -0.2) is 46.1 Å². The van der Waals surface area contributed by atoms with Crippen molar-refractivity contribution in [1.82, 2.24) is 29.9 Å². The first-order valence-corrected chi connectivity index (χ1v) is 43.0. The molecule has 17 aromatic rings. The summed E-state index contributed by atoms with van der Waals surface area (Å²) in [7, 11) is -3.33. The lowest BCUT2D eigenvalue weighted by Gasteiger charge is -2.18. The van der Waals surface area contributed by atoms with Crippen LogP contribution in [0, 0.1) is 0 Å². The molecule has 2 aliphatic heterocycles. The summed E-state index contributed by atoms with van der Waals surface area (Å²) in [5.41, 5.74) is 28.0. The van der Waals surface area contributed by atoms with Gasteiger partial charge in [0.15, 0.2) is 34.9 Å². The summed E-state index contributed by atoms with van der Waals surface area (Å²) in [6.45, 7) is 9.87. The van der Waals surface area contributed by atoms with Crippen molar-refractivity contribution in [2.75, 3.05) is 0 Å². The fraction of sp³-hybridized carbons (Fsp3) is 0.0400. The van der Waals surface area contributed by atoms with Gasteiger partial charge in [0.1, 0.15) is 16.1 Å². The first-order valence-electron chi connectivity index (χ1n) is 37.0. The number of hydrogen-bond donors (Lipinski definition) is 0. The van der Waals surface area contributed by atoms with Gasteiger partial charge in [0, 0.05) is 33.4 Å². The minimum Gasteiger partial charge on any atom is -0.208 e. The summed E-state index contributed by atoms with van der Waals surface area (Å²) in [5.74, 6) is 3.91. The molecule has 108 heavy (non-hydrogen) atoms. The van der Waals surface area contributed by atoms with E-state index in [0.717, 1.165) is 66.8 Å². The Hall–Kier alpha value is -13.2. The standard InChI is InChI=1S/C53H39N3Si.C47H35N3Si/c1-57(2)49-25-10-9-24-47(49)48-35-45(30-31-50(48)57)44-22-12-21-43(33-44)42-20-11-18-40(32-42)37-26-28-39(29-27-37)52-54-51(38-16-7-4-8-17-38)55-53(56-52)46-23-13-19-41(34-46)36-14-5-3-6-15-36;1-51(2)43-16-10-9-15-41(43)42-31-40(29-30-44(42)51)36-23-21-34(22-24-36)32-17-19-33(20-18-32)35-25-27-39(28-26-35)47-49-45(37-11-5-3-6-12-37)48-46(50-47)38-13-7-4-8-14-38/h3-35H,1-2H3;3-31H,1-2H3. The highest BCUT2D eigenvalue weighted by Gasteiger charge is 2.38. The zero-order valence-corrected chi connectivity index (χ0v) is 62.5. The molecule has 6 nitrogen and oxygen atoms in total. The van der Waals surface area contributed by atoms with E-state index >= 15 is 0 Å². The average Bonchev–Trinajstić information content (AvgIpc) is 1.59. The van der Waals surface area contributed by atoms with Gasteiger partial charge in [-0.15, -0.1) is 0 Å². The van der Waals surface area contributed by atoms with E-state index in [1.54, 1.807) is 10.4 Å². The second kappa shape index (κ2) is 28.3. The average molecular weight is 1420 g/mol. The van der Waals surface area contributed by atoms with Crippen LogP contribution >= 0.6 is 0 Å². The molecule has 15 aromatic carbocycles. The third-order valence-electron chi connectivity index (χ3n) is 21.5. The van der Waals surface area contributed by atoms with Gasteiger partial charge >= 0.3 is 0 Å². The molecular weight excluding hydrogens is 1340 g/mol. The van der Waals surface area contributed by atoms with Gasteiger partial charge in [-0.25, -0.2) is 29.9 Å². The first-order chi connectivity index (χ1) is 53.0. The summed E-state index contributed by atoms with van der Waals surface area (Å²) < 4.78 is 0. The predicted molar refractivity (Wildman–Crippen MR) is 455 cm³/mol. The smallest absolute Gasteiger partial charge is 0.164 e. The Morgan fingerprint density at radius 2 is 0.324 bits per heavy atom.